The van der Waals surface area contributed by atoms with Crippen molar-refractivity contribution in [3.63, 3.8) is 0 Å². The van der Waals surface area contributed by atoms with Crippen molar-refractivity contribution in [2.24, 2.45) is 0 Å². The third kappa shape index (κ3) is 10.6. The Labute approximate surface area is 207 Å². The first kappa shape index (κ1) is 38.4. The molecule has 0 aromatic heterocycles. The Morgan fingerprint density at radius 2 is 0.821 bits per heavy atom. The molecule has 10 nitrogen and oxygen atoms in total. The third-order valence-corrected chi connectivity index (χ3v) is 4.69. The molecule has 2 radical (unpaired) electrons. The topological polar surface area (TPSA) is 235 Å². The van der Waals surface area contributed by atoms with Crippen LogP contribution in [0.2, 0.25) is 0 Å². The van der Waals surface area contributed by atoms with Crippen molar-refractivity contribution in [3.8, 4) is 0 Å². The second-order valence-corrected chi connectivity index (χ2v) is 7.14. The van der Waals surface area contributed by atoms with Gasteiger partial charge in [0, 0.05) is 59.1 Å². The van der Waals surface area contributed by atoms with Crippen molar-refractivity contribution in [3.05, 3.63) is 59.7 Å². The summed E-state index contributed by atoms with van der Waals surface area (Å²) < 4.78 is 63.4. The summed E-state index contributed by atoms with van der Waals surface area (Å²) in [6.45, 7) is 0. The van der Waals surface area contributed by atoms with Crippen molar-refractivity contribution < 1.29 is 47.8 Å². The van der Waals surface area contributed by atoms with Crippen molar-refractivity contribution >= 4 is 91.5 Å². The predicted octanol–water partition coefficient (Wildman–Crippen LogP) is -1.71. The molecule has 0 aliphatic rings. The van der Waals surface area contributed by atoms with E-state index in [-0.39, 0.29) is 102 Å². The molecule has 2 rings (SSSR count). The Kier molecular flexibility index (Phi) is 21.5. The molecule has 0 spiro atoms. The Balaban J connectivity index is -0.000000294. The van der Waals surface area contributed by atoms with Crippen LogP contribution < -0.4 is 0 Å². The quantitative estimate of drug-likeness (QED) is 0.307. The maximum absolute atomic E-state index is 11.3. The van der Waals surface area contributed by atoms with Crippen molar-refractivity contribution in [2.45, 2.75) is 9.79 Å². The van der Waals surface area contributed by atoms with Gasteiger partial charge >= 0.3 is 0 Å². The van der Waals surface area contributed by atoms with Crippen LogP contribution in [0.4, 0.5) is 0 Å². The Hall–Kier alpha value is -0.160. The van der Waals surface area contributed by atoms with Crippen LogP contribution in [0.1, 0.15) is 11.1 Å². The van der Waals surface area contributed by atoms with Gasteiger partial charge in [0.1, 0.15) is 9.79 Å². The normalized spacial score (nSPS) is 9.93. The van der Waals surface area contributed by atoms with E-state index in [9.17, 15) is 16.8 Å². The Morgan fingerprint density at radius 1 is 0.571 bits per heavy atom. The smallest absolute Gasteiger partial charge is 0.295 e. The van der Waals surface area contributed by atoms with Gasteiger partial charge in [-0.1, -0.05) is 48.6 Å². The molecule has 10 N–H and O–H groups in total. The Bertz CT molecular complexity index is 867. The van der Waals surface area contributed by atoms with Gasteiger partial charge < -0.3 is 21.9 Å². The van der Waals surface area contributed by atoms with Gasteiger partial charge in [-0.3, -0.25) is 9.11 Å². The van der Waals surface area contributed by atoms with Crippen LogP contribution in [0.25, 0.3) is 12.2 Å². The number of hydrogen-bond acceptors (Lipinski definition) is 4. The van der Waals surface area contributed by atoms with Crippen LogP contribution in [0.15, 0.2) is 58.3 Å². The minimum atomic E-state index is -4.40. The minimum Gasteiger partial charge on any atom is -0.412 e. The molecule has 0 unspecified atom stereocenters. The molecule has 28 heavy (non-hydrogen) atoms. The van der Waals surface area contributed by atoms with E-state index in [1.807, 2.05) is 0 Å². The van der Waals surface area contributed by atoms with E-state index in [1.54, 1.807) is 12.1 Å². The molecule has 0 amide bonds. The first-order valence-electron chi connectivity index (χ1n) is 6.01. The predicted molar refractivity (Wildman–Crippen MR) is 107 cm³/mol. The number of rotatable bonds is 4. The molecular formula is C14H20Na2O10S2. The Morgan fingerprint density at radius 3 is 1.07 bits per heavy atom. The van der Waals surface area contributed by atoms with Crippen LogP contribution in [0.5, 0.6) is 0 Å². The summed E-state index contributed by atoms with van der Waals surface area (Å²) in [6, 6.07) is 11.4. The first-order chi connectivity index (χ1) is 10.2. The second kappa shape index (κ2) is 15.6. The monoisotopic (exact) mass is 458 g/mol. The number of benzene rings is 2. The van der Waals surface area contributed by atoms with Gasteiger partial charge in [0.25, 0.3) is 20.2 Å². The zero-order valence-electron chi connectivity index (χ0n) is 15.1. The molecule has 2 aromatic rings. The fraction of sp³-hybridized carbons (Fsp3) is 0. The van der Waals surface area contributed by atoms with Crippen LogP contribution in [0.3, 0.4) is 0 Å². The summed E-state index contributed by atoms with van der Waals surface area (Å²) in [7, 11) is -8.79. The maximum Gasteiger partial charge on any atom is 0.295 e. The average Bonchev–Trinajstić information content (AvgIpc) is 2.44. The van der Waals surface area contributed by atoms with Crippen molar-refractivity contribution in [1.29, 1.82) is 0 Å². The van der Waals surface area contributed by atoms with Crippen LogP contribution in [-0.2, 0) is 20.2 Å². The van der Waals surface area contributed by atoms with Gasteiger partial charge in [-0.05, 0) is 23.3 Å². The summed E-state index contributed by atoms with van der Waals surface area (Å²) in [5, 5.41) is 0. The summed E-state index contributed by atoms with van der Waals surface area (Å²) in [6.07, 6.45) is 2.68. The SMILES string of the molecule is O.O.O.O.O=S(=O)(O)c1ccccc1C=Cc1ccccc1S(=O)(=O)O.[Na].[Na]. The summed E-state index contributed by atoms with van der Waals surface area (Å²) in [4.78, 5) is -0.592. The summed E-state index contributed by atoms with van der Waals surface area (Å²) in [5.41, 5.74) is 0.380. The van der Waals surface area contributed by atoms with Gasteiger partial charge in [-0.2, -0.15) is 16.8 Å². The second-order valence-electron chi connectivity index (χ2n) is 4.36. The molecule has 0 saturated carbocycles. The van der Waals surface area contributed by atoms with Crippen LogP contribution in [-0.4, -0.2) is 107 Å². The van der Waals surface area contributed by atoms with E-state index in [0.717, 1.165) is 0 Å². The molecule has 0 saturated heterocycles. The minimum absolute atomic E-state index is 0. The van der Waals surface area contributed by atoms with Crippen LogP contribution >= 0.6 is 0 Å². The molecule has 0 bridgehead atoms. The van der Waals surface area contributed by atoms with Gasteiger partial charge in [-0.15, -0.1) is 0 Å². The van der Waals surface area contributed by atoms with E-state index in [1.165, 1.54) is 48.6 Å². The van der Waals surface area contributed by atoms with E-state index in [4.69, 9.17) is 9.11 Å². The van der Waals surface area contributed by atoms with Crippen molar-refractivity contribution in [1.82, 2.24) is 0 Å². The van der Waals surface area contributed by atoms with Crippen LogP contribution in [0, 0.1) is 0 Å². The number of hydrogen-bond donors (Lipinski definition) is 2. The largest absolute Gasteiger partial charge is 0.412 e. The van der Waals surface area contributed by atoms with Gasteiger partial charge in [0.15, 0.2) is 0 Å². The molecule has 0 heterocycles. The molecule has 2 aromatic carbocycles. The van der Waals surface area contributed by atoms with E-state index in [0.29, 0.717) is 0 Å². The molecule has 0 aliphatic heterocycles. The molecule has 0 aliphatic carbocycles. The molecule has 0 fully saturated rings. The van der Waals surface area contributed by atoms with Crippen molar-refractivity contribution in [2.75, 3.05) is 0 Å². The molecular weight excluding hydrogens is 438 g/mol. The third-order valence-electron chi connectivity index (χ3n) is 2.84. The van der Waals surface area contributed by atoms with Gasteiger partial charge in [0.05, 0.1) is 0 Å². The fourth-order valence-corrected chi connectivity index (χ4v) is 3.25. The van der Waals surface area contributed by atoms with E-state index >= 15 is 0 Å². The van der Waals surface area contributed by atoms with Gasteiger partial charge in [-0.25, -0.2) is 0 Å². The molecule has 14 heteroatoms. The summed E-state index contributed by atoms with van der Waals surface area (Å²) >= 11 is 0. The standard InChI is InChI=1S/C14H12O6S2.2Na.4H2O/c15-21(16,17)13-7-3-1-5-11(13)9-10-12-6-2-4-8-14(12)22(18,19)20;;;;;;/h1-10H,(H,15,16,17)(H,18,19,20);;;4*1H2. The first-order valence-corrected chi connectivity index (χ1v) is 8.89. The van der Waals surface area contributed by atoms with Gasteiger partial charge in [0.2, 0.25) is 0 Å². The fourth-order valence-electron chi connectivity index (χ4n) is 1.89. The van der Waals surface area contributed by atoms with E-state index < -0.39 is 20.2 Å². The summed E-state index contributed by atoms with van der Waals surface area (Å²) in [5.74, 6) is 0. The zero-order valence-corrected chi connectivity index (χ0v) is 20.8. The maximum atomic E-state index is 11.3. The molecule has 0 atom stereocenters. The zero-order chi connectivity index (χ0) is 16.4. The molecule has 150 valence electrons. The average molecular weight is 458 g/mol. The van der Waals surface area contributed by atoms with E-state index in [2.05, 4.69) is 0 Å².